The number of nitrogens with two attached hydrogens (primary N) is 2. The molecule has 0 saturated heterocycles. The van der Waals surface area contributed by atoms with Gasteiger partial charge in [-0.25, -0.2) is 9.97 Å². The van der Waals surface area contributed by atoms with E-state index in [0.717, 1.165) is 33.8 Å². The molecule has 6 N–H and O–H groups in total. The Balaban J connectivity index is 2.14. The number of hydrogen-bond acceptors (Lipinski definition) is 2. The third-order valence-corrected chi connectivity index (χ3v) is 2.76. The smallest absolute Gasteiger partial charge is 0.285 e. The second-order valence-electron chi connectivity index (χ2n) is 4.05. The summed E-state index contributed by atoms with van der Waals surface area (Å²) in [5.74, 6) is 0.950. The summed E-state index contributed by atoms with van der Waals surface area (Å²) >= 11 is 0. The first-order valence-corrected chi connectivity index (χ1v) is 5.39. The van der Waals surface area contributed by atoms with Gasteiger partial charge >= 0.3 is 0 Å². The SMILES string of the molecule is Nc1ccc(-c2[nH]c3cc(N)ccc3[nH+]2)cc1. The van der Waals surface area contributed by atoms with E-state index in [4.69, 9.17) is 11.5 Å². The number of aromatic amines is 2. The second-order valence-corrected chi connectivity index (χ2v) is 4.05. The minimum atomic E-state index is 0.747. The van der Waals surface area contributed by atoms with Crippen molar-refractivity contribution < 1.29 is 4.98 Å². The van der Waals surface area contributed by atoms with Crippen LogP contribution < -0.4 is 16.5 Å². The van der Waals surface area contributed by atoms with E-state index in [-0.39, 0.29) is 0 Å². The first-order chi connectivity index (χ1) is 8.22. The zero-order chi connectivity index (χ0) is 11.8. The van der Waals surface area contributed by atoms with E-state index in [2.05, 4.69) is 9.97 Å². The molecule has 1 aromatic heterocycles. The summed E-state index contributed by atoms with van der Waals surface area (Å²) in [6.45, 7) is 0. The molecule has 0 unspecified atom stereocenters. The molecule has 1 heterocycles. The fourth-order valence-corrected chi connectivity index (χ4v) is 1.87. The lowest BCUT2D eigenvalue weighted by molar-refractivity contribution is -0.330. The number of fused-ring (bicyclic) bond motifs is 1. The molecule has 4 nitrogen and oxygen atoms in total. The standard InChI is InChI=1S/C13H12N4/c14-9-3-1-8(2-4-9)13-16-11-6-5-10(15)7-12(11)17-13/h1-7H,14-15H2,(H,16,17)/p+1. The van der Waals surface area contributed by atoms with Gasteiger partial charge in [0.2, 0.25) is 0 Å². The van der Waals surface area contributed by atoms with E-state index in [0.29, 0.717) is 0 Å². The Hall–Kier alpha value is -2.49. The highest BCUT2D eigenvalue weighted by molar-refractivity contribution is 5.78. The fraction of sp³-hybridized carbons (Fsp3) is 0. The molecule has 0 atom stereocenters. The van der Waals surface area contributed by atoms with Crippen LogP contribution in [0.25, 0.3) is 22.4 Å². The Morgan fingerprint density at radius 3 is 2.35 bits per heavy atom. The van der Waals surface area contributed by atoms with Crippen molar-refractivity contribution in [1.82, 2.24) is 4.98 Å². The highest BCUT2D eigenvalue weighted by atomic mass is 14.9. The zero-order valence-electron chi connectivity index (χ0n) is 9.20. The van der Waals surface area contributed by atoms with Crippen LogP contribution in [-0.2, 0) is 0 Å². The van der Waals surface area contributed by atoms with Crippen LogP contribution in [-0.4, -0.2) is 4.98 Å². The Kier molecular flexibility index (Phi) is 2.01. The fourth-order valence-electron chi connectivity index (χ4n) is 1.87. The van der Waals surface area contributed by atoms with Crippen molar-refractivity contribution in [2.75, 3.05) is 11.5 Å². The van der Waals surface area contributed by atoms with E-state index in [9.17, 15) is 0 Å². The van der Waals surface area contributed by atoms with Crippen molar-refractivity contribution >= 4 is 22.4 Å². The molecular formula is C13H13N4+. The van der Waals surface area contributed by atoms with Crippen molar-refractivity contribution in [2.24, 2.45) is 0 Å². The maximum Gasteiger partial charge on any atom is 0.285 e. The molecule has 4 heteroatoms. The van der Waals surface area contributed by atoms with Gasteiger partial charge in [-0.15, -0.1) is 0 Å². The molecule has 3 rings (SSSR count). The first-order valence-electron chi connectivity index (χ1n) is 5.39. The van der Waals surface area contributed by atoms with Crippen molar-refractivity contribution in [1.29, 1.82) is 0 Å². The highest BCUT2D eigenvalue weighted by Crippen LogP contribution is 2.19. The van der Waals surface area contributed by atoms with Gasteiger partial charge in [-0.05, 0) is 36.4 Å². The minimum Gasteiger partial charge on any atom is -0.399 e. The summed E-state index contributed by atoms with van der Waals surface area (Å²) in [4.78, 5) is 6.60. The monoisotopic (exact) mass is 225 g/mol. The Bertz CT molecular complexity index is 667. The normalized spacial score (nSPS) is 10.8. The summed E-state index contributed by atoms with van der Waals surface area (Å²) in [5, 5.41) is 0. The zero-order valence-corrected chi connectivity index (χ0v) is 9.20. The number of aromatic nitrogens is 2. The maximum atomic E-state index is 5.74. The Morgan fingerprint density at radius 1 is 0.882 bits per heavy atom. The van der Waals surface area contributed by atoms with Crippen LogP contribution in [0.2, 0.25) is 0 Å². The molecule has 2 aromatic carbocycles. The number of imidazole rings is 1. The molecule has 3 aromatic rings. The molecule has 0 radical (unpaired) electrons. The van der Waals surface area contributed by atoms with Gasteiger partial charge < -0.3 is 11.5 Å². The molecule has 17 heavy (non-hydrogen) atoms. The molecule has 0 amide bonds. The summed E-state index contributed by atoms with van der Waals surface area (Å²) in [7, 11) is 0. The molecule has 0 saturated carbocycles. The third kappa shape index (κ3) is 1.69. The van der Waals surface area contributed by atoms with Crippen LogP contribution >= 0.6 is 0 Å². The van der Waals surface area contributed by atoms with Crippen LogP contribution in [0.1, 0.15) is 0 Å². The molecular weight excluding hydrogens is 212 g/mol. The van der Waals surface area contributed by atoms with Crippen molar-refractivity contribution in [3.63, 3.8) is 0 Å². The summed E-state index contributed by atoms with van der Waals surface area (Å²) < 4.78 is 0. The maximum absolute atomic E-state index is 5.74. The number of H-pyrrole nitrogens is 2. The number of nitrogen functional groups attached to an aromatic ring is 2. The number of hydrogen-bond donors (Lipinski definition) is 3. The van der Waals surface area contributed by atoms with E-state index in [1.807, 2.05) is 42.5 Å². The number of benzene rings is 2. The van der Waals surface area contributed by atoms with Gasteiger partial charge in [0.25, 0.3) is 5.82 Å². The van der Waals surface area contributed by atoms with Crippen molar-refractivity contribution in [3.8, 4) is 11.4 Å². The molecule has 0 aliphatic heterocycles. The van der Waals surface area contributed by atoms with E-state index >= 15 is 0 Å². The van der Waals surface area contributed by atoms with Gasteiger partial charge in [0.05, 0.1) is 5.56 Å². The molecule has 0 spiro atoms. The number of nitrogens with one attached hydrogen (secondary N) is 2. The predicted octanol–water partition coefficient (Wildman–Crippen LogP) is 1.81. The molecule has 84 valence electrons. The van der Waals surface area contributed by atoms with E-state index in [1.165, 1.54) is 0 Å². The van der Waals surface area contributed by atoms with Gasteiger partial charge in [0, 0.05) is 17.4 Å². The molecule has 0 aliphatic rings. The number of anilines is 2. The third-order valence-electron chi connectivity index (χ3n) is 2.76. The van der Waals surface area contributed by atoms with Gasteiger partial charge in [-0.1, -0.05) is 0 Å². The van der Waals surface area contributed by atoms with Crippen LogP contribution in [0, 0.1) is 0 Å². The summed E-state index contributed by atoms with van der Waals surface area (Å²) in [5.41, 5.74) is 16.0. The molecule has 0 bridgehead atoms. The van der Waals surface area contributed by atoms with Gasteiger partial charge in [-0.3, -0.25) is 0 Å². The summed E-state index contributed by atoms with van der Waals surface area (Å²) in [6, 6.07) is 13.4. The Morgan fingerprint density at radius 2 is 1.59 bits per heavy atom. The lowest BCUT2D eigenvalue weighted by atomic mass is 10.2. The quantitative estimate of drug-likeness (QED) is 0.552. The van der Waals surface area contributed by atoms with Crippen LogP contribution in [0.3, 0.4) is 0 Å². The van der Waals surface area contributed by atoms with Gasteiger partial charge in [-0.2, -0.15) is 0 Å². The van der Waals surface area contributed by atoms with Crippen LogP contribution in [0.4, 0.5) is 11.4 Å². The highest BCUT2D eigenvalue weighted by Gasteiger charge is 2.11. The van der Waals surface area contributed by atoms with Gasteiger partial charge in [0.15, 0.2) is 11.0 Å². The van der Waals surface area contributed by atoms with Gasteiger partial charge in [0.1, 0.15) is 0 Å². The molecule has 0 fully saturated rings. The van der Waals surface area contributed by atoms with Crippen molar-refractivity contribution in [3.05, 3.63) is 42.5 Å². The first kappa shape index (κ1) is 9.72. The van der Waals surface area contributed by atoms with E-state index < -0.39 is 0 Å². The lowest BCUT2D eigenvalue weighted by Crippen LogP contribution is -2.02. The minimum absolute atomic E-state index is 0.747. The van der Waals surface area contributed by atoms with Crippen LogP contribution in [0.15, 0.2) is 42.5 Å². The average Bonchev–Trinajstić information content (AvgIpc) is 2.72. The predicted molar refractivity (Wildman–Crippen MR) is 69.1 cm³/mol. The second kappa shape index (κ2) is 3.52. The van der Waals surface area contributed by atoms with Crippen LogP contribution in [0.5, 0.6) is 0 Å². The molecule has 0 aliphatic carbocycles. The Labute approximate surface area is 98.3 Å². The lowest BCUT2D eigenvalue weighted by Gasteiger charge is -1.92. The summed E-state index contributed by atoms with van der Waals surface area (Å²) in [6.07, 6.45) is 0. The topological polar surface area (TPSA) is 82.0 Å². The van der Waals surface area contributed by atoms with Crippen molar-refractivity contribution in [2.45, 2.75) is 0 Å². The largest absolute Gasteiger partial charge is 0.399 e. The van der Waals surface area contributed by atoms with E-state index in [1.54, 1.807) is 0 Å². The average molecular weight is 225 g/mol. The number of rotatable bonds is 1.